The highest BCUT2D eigenvalue weighted by Gasteiger charge is 2.04. The van der Waals surface area contributed by atoms with E-state index in [-0.39, 0.29) is 5.91 Å². The van der Waals surface area contributed by atoms with Crippen molar-refractivity contribution in [2.75, 3.05) is 0 Å². The quantitative estimate of drug-likeness (QED) is 0.615. The molecule has 1 aromatic rings. The highest BCUT2D eigenvalue weighted by atomic mass is 16.2. The van der Waals surface area contributed by atoms with Gasteiger partial charge in [0.05, 0.1) is 0 Å². The normalized spacial score (nSPS) is 11.7. The van der Waals surface area contributed by atoms with Gasteiger partial charge in [0, 0.05) is 11.3 Å². The van der Waals surface area contributed by atoms with Crippen LogP contribution in [0.2, 0.25) is 0 Å². The Morgan fingerprint density at radius 2 is 2.06 bits per heavy atom. The number of hydrogen-bond donors (Lipinski definition) is 1. The number of carbonyl (C=O) groups is 1. The summed E-state index contributed by atoms with van der Waals surface area (Å²) in [5.41, 5.74) is 5.18. The Bertz CT molecular complexity index is 408. The number of rotatable bonds is 3. The lowest BCUT2D eigenvalue weighted by atomic mass is 10.1. The topological polar surface area (TPSA) is 41.5 Å². The van der Waals surface area contributed by atoms with Gasteiger partial charge in [-0.2, -0.15) is 5.10 Å². The summed E-state index contributed by atoms with van der Waals surface area (Å²) in [6.45, 7) is 7.94. The van der Waals surface area contributed by atoms with E-state index in [1.807, 2.05) is 45.9 Å². The molecule has 0 aromatic heterocycles. The van der Waals surface area contributed by atoms with Crippen LogP contribution >= 0.6 is 0 Å². The molecule has 0 aliphatic carbocycles. The second-order valence-electron chi connectivity index (χ2n) is 4.22. The van der Waals surface area contributed by atoms with E-state index in [4.69, 9.17) is 0 Å². The van der Waals surface area contributed by atoms with E-state index in [0.717, 1.165) is 11.3 Å². The lowest BCUT2D eigenvalue weighted by Gasteiger charge is -2.05. The fourth-order valence-electron chi connectivity index (χ4n) is 1.12. The Hall–Kier alpha value is -1.64. The maximum absolute atomic E-state index is 11.7. The molecule has 0 aliphatic rings. The minimum atomic E-state index is -0.163. The Labute approximate surface area is 96.6 Å². The van der Waals surface area contributed by atoms with Crippen LogP contribution < -0.4 is 5.43 Å². The van der Waals surface area contributed by atoms with E-state index < -0.39 is 0 Å². The third-order valence-electron chi connectivity index (χ3n) is 2.45. The van der Waals surface area contributed by atoms with Crippen molar-refractivity contribution in [3.05, 3.63) is 35.4 Å². The highest BCUT2D eigenvalue weighted by molar-refractivity contribution is 5.95. The average Bonchev–Trinajstić information content (AvgIpc) is 2.25. The van der Waals surface area contributed by atoms with Gasteiger partial charge in [0.2, 0.25) is 0 Å². The molecule has 3 heteroatoms. The zero-order valence-electron chi connectivity index (χ0n) is 10.2. The molecule has 1 N–H and O–H groups in total. The molecule has 0 heterocycles. The predicted molar refractivity (Wildman–Crippen MR) is 66.6 cm³/mol. The van der Waals surface area contributed by atoms with Crippen molar-refractivity contribution in [2.24, 2.45) is 11.0 Å². The first kappa shape index (κ1) is 12.4. The summed E-state index contributed by atoms with van der Waals surface area (Å²) >= 11 is 0. The average molecular weight is 218 g/mol. The minimum absolute atomic E-state index is 0.163. The molecule has 0 saturated heterocycles. The molecule has 0 unspecified atom stereocenters. The lowest BCUT2D eigenvalue weighted by Crippen LogP contribution is -2.20. The zero-order chi connectivity index (χ0) is 12.1. The number of aryl methyl sites for hydroxylation is 1. The largest absolute Gasteiger partial charge is 0.271 e. The van der Waals surface area contributed by atoms with Crippen molar-refractivity contribution in [3.8, 4) is 0 Å². The van der Waals surface area contributed by atoms with Gasteiger partial charge in [-0.05, 0) is 31.9 Å². The summed E-state index contributed by atoms with van der Waals surface area (Å²) in [4.78, 5) is 11.7. The standard InChI is InChI=1S/C13H18N2O/c1-9(2)11(4)14-15-13(16)12-7-5-6-10(3)8-12/h5-9H,1-4H3,(H,15,16)/b14-11+. The van der Waals surface area contributed by atoms with E-state index in [9.17, 15) is 4.79 Å². The first-order chi connectivity index (χ1) is 7.50. The van der Waals surface area contributed by atoms with Crippen LogP contribution in [0.4, 0.5) is 0 Å². The molecule has 0 saturated carbocycles. The first-order valence-corrected chi connectivity index (χ1v) is 5.42. The monoisotopic (exact) mass is 218 g/mol. The fraction of sp³-hybridized carbons (Fsp3) is 0.385. The molecule has 0 fully saturated rings. The number of nitrogens with zero attached hydrogens (tertiary/aromatic N) is 1. The molecule has 1 aromatic carbocycles. The fourth-order valence-corrected chi connectivity index (χ4v) is 1.12. The van der Waals surface area contributed by atoms with E-state index in [1.165, 1.54) is 0 Å². The van der Waals surface area contributed by atoms with E-state index >= 15 is 0 Å². The Kier molecular flexibility index (Phi) is 4.23. The summed E-state index contributed by atoms with van der Waals surface area (Å²) in [6, 6.07) is 7.45. The molecule has 0 bridgehead atoms. The Balaban J connectivity index is 2.70. The highest BCUT2D eigenvalue weighted by Crippen LogP contribution is 2.03. The van der Waals surface area contributed by atoms with Crippen molar-refractivity contribution in [2.45, 2.75) is 27.7 Å². The zero-order valence-corrected chi connectivity index (χ0v) is 10.2. The van der Waals surface area contributed by atoms with Gasteiger partial charge in [-0.25, -0.2) is 5.43 Å². The Morgan fingerprint density at radius 3 is 2.62 bits per heavy atom. The van der Waals surface area contributed by atoms with Crippen LogP contribution in [0.5, 0.6) is 0 Å². The molecule has 16 heavy (non-hydrogen) atoms. The smallest absolute Gasteiger partial charge is 0.267 e. The van der Waals surface area contributed by atoms with Crippen molar-refractivity contribution < 1.29 is 4.79 Å². The maximum atomic E-state index is 11.7. The molecule has 0 atom stereocenters. The molecule has 1 rings (SSSR count). The second-order valence-corrected chi connectivity index (χ2v) is 4.22. The van der Waals surface area contributed by atoms with E-state index in [0.29, 0.717) is 11.5 Å². The van der Waals surface area contributed by atoms with Crippen LogP contribution in [0, 0.1) is 12.8 Å². The third kappa shape index (κ3) is 3.50. The molecule has 0 spiro atoms. The van der Waals surface area contributed by atoms with Gasteiger partial charge in [-0.1, -0.05) is 31.5 Å². The number of hydrogen-bond acceptors (Lipinski definition) is 2. The summed E-state index contributed by atoms with van der Waals surface area (Å²) in [7, 11) is 0. The van der Waals surface area contributed by atoms with Gasteiger partial charge in [0.1, 0.15) is 0 Å². The first-order valence-electron chi connectivity index (χ1n) is 5.42. The van der Waals surface area contributed by atoms with Gasteiger partial charge < -0.3 is 0 Å². The van der Waals surface area contributed by atoms with Crippen LogP contribution in [0.3, 0.4) is 0 Å². The van der Waals surface area contributed by atoms with Crippen LogP contribution in [0.1, 0.15) is 36.7 Å². The maximum Gasteiger partial charge on any atom is 0.271 e. The Morgan fingerprint density at radius 1 is 1.38 bits per heavy atom. The number of amides is 1. The van der Waals surface area contributed by atoms with Crippen LogP contribution in [-0.2, 0) is 0 Å². The van der Waals surface area contributed by atoms with E-state index in [1.54, 1.807) is 6.07 Å². The molecular formula is C13H18N2O. The van der Waals surface area contributed by atoms with Crippen LogP contribution in [0.15, 0.2) is 29.4 Å². The van der Waals surface area contributed by atoms with Gasteiger partial charge in [-0.15, -0.1) is 0 Å². The molecular weight excluding hydrogens is 200 g/mol. The number of hydrazone groups is 1. The molecule has 3 nitrogen and oxygen atoms in total. The van der Waals surface area contributed by atoms with Gasteiger partial charge in [0.25, 0.3) is 5.91 Å². The summed E-state index contributed by atoms with van der Waals surface area (Å²) in [5, 5.41) is 4.05. The van der Waals surface area contributed by atoms with Gasteiger partial charge >= 0.3 is 0 Å². The molecule has 1 amide bonds. The SMILES string of the molecule is C/C(=N\NC(=O)c1cccc(C)c1)C(C)C. The minimum Gasteiger partial charge on any atom is -0.267 e. The van der Waals surface area contributed by atoms with Crippen LogP contribution in [-0.4, -0.2) is 11.6 Å². The molecule has 0 aliphatic heterocycles. The predicted octanol–water partition coefficient (Wildman–Crippen LogP) is 2.76. The van der Waals surface area contributed by atoms with E-state index in [2.05, 4.69) is 10.5 Å². The van der Waals surface area contributed by atoms with Crippen molar-refractivity contribution in [3.63, 3.8) is 0 Å². The number of nitrogens with one attached hydrogen (secondary N) is 1. The second kappa shape index (κ2) is 5.45. The summed E-state index contributed by atoms with van der Waals surface area (Å²) < 4.78 is 0. The number of benzene rings is 1. The van der Waals surface area contributed by atoms with Gasteiger partial charge in [0.15, 0.2) is 0 Å². The van der Waals surface area contributed by atoms with Crippen LogP contribution in [0.25, 0.3) is 0 Å². The lowest BCUT2D eigenvalue weighted by molar-refractivity contribution is 0.0954. The van der Waals surface area contributed by atoms with Crippen molar-refractivity contribution >= 4 is 11.6 Å². The molecule has 86 valence electrons. The van der Waals surface area contributed by atoms with Crippen molar-refractivity contribution in [1.82, 2.24) is 5.43 Å². The van der Waals surface area contributed by atoms with Crippen molar-refractivity contribution in [1.29, 1.82) is 0 Å². The molecule has 0 radical (unpaired) electrons. The summed E-state index contributed by atoms with van der Waals surface area (Å²) in [5.74, 6) is 0.182. The van der Waals surface area contributed by atoms with Gasteiger partial charge in [-0.3, -0.25) is 4.79 Å². The summed E-state index contributed by atoms with van der Waals surface area (Å²) in [6.07, 6.45) is 0. The third-order valence-corrected chi connectivity index (χ3v) is 2.45. The number of carbonyl (C=O) groups excluding carboxylic acids is 1.